The van der Waals surface area contributed by atoms with E-state index in [0.717, 1.165) is 0 Å². The number of benzene rings is 2. The molecule has 0 saturated heterocycles. The van der Waals surface area contributed by atoms with Gasteiger partial charge in [0.05, 0.1) is 16.6 Å². The zero-order valence-corrected chi connectivity index (χ0v) is 15.4. The highest BCUT2D eigenvalue weighted by Crippen LogP contribution is 2.28. The Morgan fingerprint density at radius 1 is 1.04 bits per heavy atom. The molecule has 0 radical (unpaired) electrons. The third-order valence-corrected chi connectivity index (χ3v) is 5.40. The van der Waals surface area contributed by atoms with Crippen LogP contribution in [0.5, 0.6) is 0 Å². The van der Waals surface area contributed by atoms with Crippen molar-refractivity contribution in [3.05, 3.63) is 54.1 Å². The van der Waals surface area contributed by atoms with Gasteiger partial charge in [-0.05, 0) is 30.9 Å². The number of para-hydroxylation sites is 2. The van der Waals surface area contributed by atoms with Crippen molar-refractivity contribution in [3.8, 4) is 0 Å². The molecule has 2 atom stereocenters. The fraction of sp³-hybridized carbons (Fsp3) is 0.273. The Morgan fingerprint density at radius 2 is 1.64 bits per heavy atom. The summed E-state index contributed by atoms with van der Waals surface area (Å²) >= 11 is 0. The van der Waals surface area contributed by atoms with Crippen LogP contribution in [-0.2, 0) is 9.59 Å². The molecular weight excluding hydrogens is 354 g/mol. The van der Waals surface area contributed by atoms with Gasteiger partial charge in [0.2, 0.25) is 5.91 Å². The molecule has 2 aromatic carbocycles. The standard InChI is InChI=1S/C22H21N3O3/c23-21(27)20(13-6-5-7-14(26)12-13)25-22(28)19-15-8-1-3-10-17(15)24-18-11-4-2-9-16(18)19/h1-4,8-11,13,20H,5-7,12H2,(H2,23,27)(H,25,28)/t13-,20-/m0/s1. The molecule has 1 aromatic heterocycles. The van der Waals surface area contributed by atoms with Crippen LogP contribution in [0.2, 0.25) is 0 Å². The second-order valence-electron chi connectivity index (χ2n) is 7.27. The lowest BCUT2D eigenvalue weighted by atomic mass is 9.82. The second kappa shape index (κ2) is 7.38. The van der Waals surface area contributed by atoms with Crippen molar-refractivity contribution in [3.63, 3.8) is 0 Å². The fourth-order valence-electron chi connectivity index (χ4n) is 4.06. The van der Waals surface area contributed by atoms with Gasteiger partial charge >= 0.3 is 0 Å². The number of hydrogen-bond acceptors (Lipinski definition) is 4. The van der Waals surface area contributed by atoms with Crippen LogP contribution in [0.3, 0.4) is 0 Å². The molecule has 3 N–H and O–H groups in total. The number of primary amides is 1. The van der Waals surface area contributed by atoms with Gasteiger partial charge in [0.1, 0.15) is 11.8 Å². The van der Waals surface area contributed by atoms with Crippen LogP contribution in [0.1, 0.15) is 36.0 Å². The summed E-state index contributed by atoms with van der Waals surface area (Å²) in [6.07, 6.45) is 2.20. The molecule has 1 saturated carbocycles. The number of ketones is 1. The third kappa shape index (κ3) is 3.33. The topological polar surface area (TPSA) is 102 Å². The van der Waals surface area contributed by atoms with Crippen LogP contribution in [0, 0.1) is 5.92 Å². The zero-order chi connectivity index (χ0) is 19.7. The highest BCUT2D eigenvalue weighted by molar-refractivity contribution is 6.16. The number of hydrogen-bond donors (Lipinski definition) is 2. The average molecular weight is 375 g/mol. The number of rotatable bonds is 4. The predicted octanol–water partition coefficient (Wildman–Crippen LogP) is 2.73. The van der Waals surface area contributed by atoms with Gasteiger partial charge in [0.25, 0.3) is 5.91 Å². The first-order chi connectivity index (χ1) is 13.5. The number of nitrogens with zero attached hydrogens (tertiary/aromatic N) is 1. The van der Waals surface area contributed by atoms with Crippen LogP contribution in [0.4, 0.5) is 0 Å². The van der Waals surface area contributed by atoms with Gasteiger partial charge in [-0.15, -0.1) is 0 Å². The van der Waals surface area contributed by atoms with Crippen molar-refractivity contribution < 1.29 is 14.4 Å². The SMILES string of the molecule is NC(=O)[C@@H](NC(=O)c1c2ccccc2nc2ccccc12)[C@H]1CCCC(=O)C1. The second-order valence-corrected chi connectivity index (χ2v) is 7.27. The predicted molar refractivity (Wildman–Crippen MR) is 107 cm³/mol. The average Bonchev–Trinajstić information content (AvgIpc) is 2.69. The Labute approximate surface area is 162 Å². The Bertz CT molecular complexity index is 1040. The summed E-state index contributed by atoms with van der Waals surface area (Å²) in [7, 11) is 0. The maximum absolute atomic E-state index is 13.3. The minimum Gasteiger partial charge on any atom is -0.368 e. The maximum Gasteiger partial charge on any atom is 0.253 e. The van der Waals surface area contributed by atoms with Crippen LogP contribution < -0.4 is 11.1 Å². The molecular formula is C22H21N3O3. The Morgan fingerprint density at radius 3 is 2.21 bits per heavy atom. The van der Waals surface area contributed by atoms with Gasteiger partial charge in [0.15, 0.2) is 0 Å². The summed E-state index contributed by atoms with van der Waals surface area (Å²) in [6.45, 7) is 0. The third-order valence-electron chi connectivity index (χ3n) is 5.40. The Hall–Kier alpha value is -3.28. The molecule has 4 rings (SSSR count). The fourth-order valence-corrected chi connectivity index (χ4v) is 4.06. The summed E-state index contributed by atoms with van der Waals surface area (Å²) in [4.78, 5) is 41.8. The molecule has 0 bridgehead atoms. The molecule has 2 amide bonds. The summed E-state index contributed by atoms with van der Waals surface area (Å²) in [6, 6.07) is 13.9. The minimum absolute atomic E-state index is 0.108. The van der Waals surface area contributed by atoms with E-state index < -0.39 is 11.9 Å². The van der Waals surface area contributed by atoms with Crippen molar-refractivity contribution >= 4 is 39.4 Å². The lowest BCUT2D eigenvalue weighted by molar-refractivity contribution is -0.124. The molecule has 1 heterocycles. The number of pyridine rings is 1. The summed E-state index contributed by atoms with van der Waals surface area (Å²) in [5.74, 6) is -1.15. The van der Waals surface area contributed by atoms with Crippen molar-refractivity contribution in [1.82, 2.24) is 10.3 Å². The van der Waals surface area contributed by atoms with Gasteiger partial charge in [-0.25, -0.2) is 4.98 Å². The van der Waals surface area contributed by atoms with E-state index in [1.165, 1.54) is 0 Å². The molecule has 0 spiro atoms. The van der Waals surface area contributed by atoms with E-state index in [4.69, 9.17) is 5.73 Å². The quantitative estimate of drug-likeness (QED) is 0.685. The van der Waals surface area contributed by atoms with Gasteiger partial charge in [-0.3, -0.25) is 14.4 Å². The van der Waals surface area contributed by atoms with Crippen LogP contribution >= 0.6 is 0 Å². The molecule has 6 nitrogen and oxygen atoms in total. The van der Waals surface area contributed by atoms with E-state index in [0.29, 0.717) is 46.6 Å². The first-order valence-corrected chi connectivity index (χ1v) is 9.44. The number of aromatic nitrogens is 1. The molecule has 3 aromatic rings. The summed E-state index contributed by atoms with van der Waals surface area (Å²) in [5.41, 5.74) is 7.46. The molecule has 6 heteroatoms. The van der Waals surface area contributed by atoms with Crippen molar-refractivity contribution in [1.29, 1.82) is 0 Å². The van der Waals surface area contributed by atoms with Gasteiger partial charge in [-0.1, -0.05) is 36.4 Å². The zero-order valence-electron chi connectivity index (χ0n) is 15.4. The van der Waals surface area contributed by atoms with E-state index in [2.05, 4.69) is 10.3 Å². The van der Waals surface area contributed by atoms with E-state index in [1.807, 2.05) is 48.5 Å². The van der Waals surface area contributed by atoms with Crippen LogP contribution in [0.15, 0.2) is 48.5 Å². The number of fused-ring (bicyclic) bond motifs is 2. The molecule has 142 valence electrons. The van der Waals surface area contributed by atoms with Gasteiger partial charge in [-0.2, -0.15) is 0 Å². The molecule has 1 fully saturated rings. The Kier molecular flexibility index (Phi) is 4.77. The summed E-state index contributed by atoms with van der Waals surface area (Å²) in [5, 5.41) is 4.23. The lowest BCUT2D eigenvalue weighted by Crippen LogP contribution is -2.50. The Balaban J connectivity index is 1.76. The van der Waals surface area contributed by atoms with Crippen molar-refractivity contribution in [2.75, 3.05) is 0 Å². The number of Topliss-reactive ketones (excluding diaryl/α,β-unsaturated/α-hetero) is 1. The highest BCUT2D eigenvalue weighted by Gasteiger charge is 2.33. The number of nitrogens with one attached hydrogen (secondary N) is 1. The lowest BCUT2D eigenvalue weighted by Gasteiger charge is -2.28. The normalized spacial score (nSPS) is 18.1. The van der Waals surface area contributed by atoms with Crippen molar-refractivity contribution in [2.24, 2.45) is 11.7 Å². The smallest absolute Gasteiger partial charge is 0.253 e. The first kappa shape index (κ1) is 18.1. The number of carbonyl (C=O) groups excluding carboxylic acids is 3. The molecule has 28 heavy (non-hydrogen) atoms. The minimum atomic E-state index is -0.873. The monoisotopic (exact) mass is 375 g/mol. The van der Waals surface area contributed by atoms with E-state index in [1.54, 1.807) is 0 Å². The van der Waals surface area contributed by atoms with Gasteiger partial charge in [0, 0.05) is 23.6 Å². The van der Waals surface area contributed by atoms with Gasteiger partial charge < -0.3 is 11.1 Å². The number of carbonyl (C=O) groups is 3. The van der Waals surface area contributed by atoms with Crippen LogP contribution in [0.25, 0.3) is 21.8 Å². The molecule has 0 unspecified atom stereocenters. The summed E-state index contributed by atoms with van der Waals surface area (Å²) < 4.78 is 0. The van der Waals surface area contributed by atoms with Crippen LogP contribution in [-0.4, -0.2) is 28.6 Å². The molecule has 1 aliphatic carbocycles. The van der Waals surface area contributed by atoms with E-state index in [-0.39, 0.29) is 24.0 Å². The molecule has 1 aliphatic rings. The van der Waals surface area contributed by atoms with Crippen molar-refractivity contribution in [2.45, 2.75) is 31.7 Å². The number of nitrogens with two attached hydrogens (primary N) is 1. The maximum atomic E-state index is 13.3. The molecule has 0 aliphatic heterocycles. The van der Waals surface area contributed by atoms with E-state index >= 15 is 0 Å². The largest absolute Gasteiger partial charge is 0.368 e. The highest BCUT2D eigenvalue weighted by atomic mass is 16.2. The number of amides is 2. The first-order valence-electron chi connectivity index (χ1n) is 9.44. The van der Waals surface area contributed by atoms with E-state index in [9.17, 15) is 14.4 Å².